The topological polar surface area (TPSA) is 23.5 Å². The van der Waals surface area contributed by atoms with Crippen LogP contribution in [0.4, 0.5) is 0 Å². The molecule has 0 amide bonds. The van der Waals surface area contributed by atoms with Crippen LogP contribution in [0.5, 0.6) is 0 Å². The quantitative estimate of drug-likeness (QED) is 0.852. The highest BCUT2D eigenvalue weighted by Crippen LogP contribution is 2.61. The Balaban J connectivity index is 1.40. The zero-order chi connectivity index (χ0) is 13.7. The molecular weight excluding hydrogens is 246 g/mol. The first kappa shape index (κ1) is 13.6. The highest BCUT2D eigenvalue weighted by Gasteiger charge is 2.50. The summed E-state index contributed by atoms with van der Waals surface area (Å²) in [6.07, 6.45) is 12.0. The van der Waals surface area contributed by atoms with Crippen LogP contribution in [0.3, 0.4) is 0 Å². The van der Waals surface area contributed by atoms with E-state index < -0.39 is 0 Å². The van der Waals surface area contributed by atoms with Gasteiger partial charge in [0.2, 0.25) is 0 Å². The molecule has 2 heteroatoms. The number of rotatable bonds is 4. The zero-order valence-electron chi connectivity index (χ0n) is 13.1. The molecular formula is C18H31NO. The number of nitrogens with zero attached hydrogens (tertiary/aromatic N) is 1. The summed E-state index contributed by atoms with van der Waals surface area (Å²) in [4.78, 5) is 2.60. The third-order valence-electron chi connectivity index (χ3n) is 7.28. The van der Waals surface area contributed by atoms with Crippen LogP contribution < -0.4 is 0 Å². The monoisotopic (exact) mass is 277 g/mol. The van der Waals surface area contributed by atoms with Gasteiger partial charge in [-0.25, -0.2) is 0 Å². The number of hydrogen-bond donors (Lipinski definition) is 1. The number of aliphatic hydroxyl groups is 1. The van der Waals surface area contributed by atoms with E-state index in [0.717, 1.165) is 17.8 Å². The van der Waals surface area contributed by atoms with Gasteiger partial charge in [-0.3, -0.25) is 4.90 Å². The molecule has 0 aromatic rings. The van der Waals surface area contributed by atoms with Gasteiger partial charge in [0, 0.05) is 6.04 Å². The average molecular weight is 277 g/mol. The van der Waals surface area contributed by atoms with Gasteiger partial charge >= 0.3 is 0 Å². The Hall–Kier alpha value is -0.0800. The maximum absolute atomic E-state index is 9.63. The smallest absolute Gasteiger partial charge is 0.0589 e. The van der Waals surface area contributed by atoms with Crippen molar-refractivity contribution in [2.45, 2.75) is 64.3 Å². The van der Waals surface area contributed by atoms with E-state index in [0.29, 0.717) is 24.0 Å². The molecule has 5 rings (SSSR count). The van der Waals surface area contributed by atoms with Crippen LogP contribution in [-0.2, 0) is 0 Å². The van der Waals surface area contributed by atoms with E-state index in [2.05, 4.69) is 11.8 Å². The molecule has 20 heavy (non-hydrogen) atoms. The molecule has 4 aliphatic carbocycles. The van der Waals surface area contributed by atoms with Crippen molar-refractivity contribution < 1.29 is 5.11 Å². The minimum absolute atomic E-state index is 0.363. The SMILES string of the molecule is CC1CCN(CCC23CC4CC(CC(C4)C2)C3)C1CO. The number of hydrogen-bond acceptors (Lipinski definition) is 2. The Labute approximate surface area is 123 Å². The van der Waals surface area contributed by atoms with Crippen LogP contribution in [0.1, 0.15) is 58.3 Å². The summed E-state index contributed by atoms with van der Waals surface area (Å²) in [5.41, 5.74) is 0.709. The van der Waals surface area contributed by atoms with Gasteiger partial charge in [-0.1, -0.05) is 6.92 Å². The third kappa shape index (κ3) is 2.23. The van der Waals surface area contributed by atoms with Gasteiger partial charge in [-0.05, 0) is 93.5 Å². The fraction of sp³-hybridized carbons (Fsp3) is 1.00. The largest absolute Gasteiger partial charge is 0.395 e. The van der Waals surface area contributed by atoms with Crippen LogP contribution in [0.15, 0.2) is 0 Å². The molecule has 2 unspecified atom stereocenters. The lowest BCUT2D eigenvalue weighted by atomic mass is 9.49. The molecule has 0 radical (unpaired) electrons. The van der Waals surface area contributed by atoms with Gasteiger partial charge in [0.05, 0.1) is 6.61 Å². The van der Waals surface area contributed by atoms with Gasteiger partial charge in [-0.2, -0.15) is 0 Å². The van der Waals surface area contributed by atoms with E-state index in [-0.39, 0.29) is 0 Å². The van der Waals surface area contributed by atoms with Gasteiger partial charge in [-0.15, -0.1) is 0 Å². The van der Waals surface area contributed by atoms with E-state index in [1.165, 1.54) is 45.2 Å². The van der Waals surface area contributed by atoms with Crippen LogP contribution in [-0.4, -0.2) is 35.7 Å². The van der Waals surface area contributed by atoms with Gasteiger partial charge in [0.25, 0.3) is 0 Å². The predicted molar refractivity (Wildman–Crippen MR) is 81.4 cm³/mol. The molecule has 0 aromatic carbocycles. The highest BCUT2D eigenvalue weighted by atomic mass is 16.3. The molecule has 0 spiro atoms. The van der Waals surface area contributed by atoms with E-state index >= 15 is 0 Å². The zero-order valence-corrected chi connectivity index (χ0v) is 13.1. The minimum Gasteiger partial charge on any atom is -0.395 e. The standard InChI is InChI=1S/C18H31NO/c1-13-2-4-19(17(13)12-20)5-3-18-9-14-6-15(10-18)8-16(7-14)11-18/h13-17,20H,2-12H2,1H3. The van der Waals surface area contributed by atoms with E-state index in [9.17, 15) is 5.11 Å². The maximum atomic E-state index is 9.63. The number of aliphatic hydroxyl groups excluding tert-OH is 1. The molecule has 1 heterocycles. The molecule has 4 bridgehead atoms. The Morgan fingerprint density at radius 2 is 1.65 bits per heavy atom. The minimum atomic E-state index is 0.363. The first-order valence-electron chi connectivity index (χ1n) is 9.02. The summed E-state index contributed by atoms with van der Waals surface area (Å²) in [7, 11) is 0. The van der Waals surface area contributed by atoms with Gasteiger partial charge < -0.3 is 5.11 Å². The molecule has 1 aliphatic heterocycles. The molecule has 5 aliphatic rings. The van der Waals surface area contributed by atoms with Crippen molar-refractivity contribution in [3.05, 3.63) is 0 Å². The van der Waals surface area contributed by atoms with Crippen molar-refractivity contribution in [2.75, 3.05) is 19.7 Å². The summed E-state index contributed by atoms with van der Waals surface area (Å²) in [6.45, 7) is 5.15. The summed E-state index contributed by atoms with van der Waals surface area (Å²) in [6, 6.07) is 0.448. The molecule has 0 aromatic heterocycles. The van der Waals surface area contributed by atoms with Gasteiger partial charge in [0.1, 0.15) is 0 Å². The molecule has 1 N–H and O–H groups in total. The van der Waals surface area contributed by atoms with Crippen molar-refractivity contribution in [3.63, 3.8) is 0 Å². The van der Waals surface area contributed by atoms with Crippen molar-refractivity contribution in [2.24, 2.45) is 29.1 Å². The lowest BCUT2D eigenvalue weighted by Gasteiger charge is -2.57. The van der Waals surface area contributed by atoms with Crippen molar-refractivity contribution >= 4 is 0 Å². The lowest BCUT2D eigenvalue weighted by molar-refractivity contribution is -0.0622. The Kier molecular flexibility index (Phi) is 3.38. The van der Waals surface area contributed by atoms with E-state index in [1.807, 2.05) is 0 Å². The van der Waals surface area contributed by atoms with E-state index in [1.54, 1.807) is 19.3 Å². The summed E-state index contributed by atoms with van der Waals surface area (Å²) >= 11 is 0. The van der Waals surface area contributed by atoms with Crippen molar-refractivity contribution in [1.82, 2.24) is 4.90 Å². The summed E-state index contributed by atoms with van der Waals surface area (Å²) < 4.78 is 0. The van der Waals surface area contributed by atoms with E-state index in [4.69, 9.17) is 0 Å². The average Bonchev–Trinajstić information content (AvgIpc) is 2.75. The molecule has 4 saturated carbocycles. The van der Waals surface area contributed by atoms with Crippen LogP contribution in [0.25, 0.3) is 0 Å². The van der Waals surface area contributed by atoms with Crippen LogP contribution in [0, 0.1) is 29.1 Å². The fourth-order valence-corrected chi connectivity index (χ4v) is 6.64. The second-order valence-electron chi connectivity index (χ2n) is 8.72. The maximum Gasteiger partial charge on any atom is 0.0589 e. The molecule has 1 saturated heterocycles. The fourth-order valence-electron chi connectivity index (χ4n) is 6.64. The van der Waals surface area contributed by atoms with Crippen LogP contribution >= 0.6 is 0 Å². The Morgan fingerprint density at radius 1 is 1.05 bits per heavy atom. The highest BCUT2D eigenvalue weighted by molar-refractivity contribution is 5.02. The normalized spacial score (nSPS) is 51.0. The predicted octanol–water partition coefficient (Wildman–Crippen LogP) is 3.30. The second-order valence-corrected chi connectivity index (χ2v) is 8.72. The summed E-state index contributed by atoms with van der Waals surface area (Å²) in [5.74, 6) is 3.92. The molecule has 5 fully saturated rings. The van der Waals surface area contributed by atoms with Crippen molar-refractivity contribution in [1.29, 1.82) is 0 Å². The first-order valence-corrected chi connectivity index (χ1v) is 9.02. The molecule has 2 atom stereocenters. The number of likely N-dealkylation sites (tertiary alicyclic amines) is 1. The van der Waals surface area contributed by atoms with Crippen molar-refractivity contribution in [3.8, 4) is 0 Å². The Bertz CT molecular complexity index is 331. The molecule has 114 valence electrons. The first-order chi connectivity index (χ1) is 9.67. The Morgan fingerprint density at radius 3 is 2.20 bits per heavy atom. The molecule has 2 nitrogen and oxygen atoms in total. The second kappa shape index (κ2) is 4.98. The third-order valence-corrected chi connectivity index (χ3v) is 7.28. The van der Waals surface area contributed by atoms with Crippen LogP contribution in [0.2, 0.25) is 0 Å². The van der Waals surface area contributed by atoms with Gasteiger partial charge in [0.15, 0.2) is 0 Å². The lowest BCUT2D eigenvalue weighted by Crippen LogP contribution is -2.48. The summed E-state index contributed by atoms with van der Waals surface area (Å²) in [5, 5.41) is 9.63.